The van der Waals surface area contributed by atoms with Crippen molar-refractivity contribution >= 4 is 5.91 Å². The third-order valence-corrected chi connectivity index (χ3v) is 2.96. The predicted molar refractivity (Wildman–Crippen MR) is 60.1 cm³/mol. The van der Waals surface area contributed by atoms with Crippen molar-refractivity contribution < 1.29 is 18.0 Å². The van der Waals surface area contributed by atoms with Gasteiger partial charge in [0, 0.05) is 19.3 Å². The standard InChI is InChI=1S/C12H15F3N2O/c13-12(14,15)5-7-17(8-9-3-4-9)11(18)10-2-1-6-16-10/h1-2,6,9,16H,3-5,7-8H2. The zero-order chi connectivity index (χ0) is 13.2. The first kappa shape index (κ1) is 13.0. The molecule has 0 radical (unpaired) electrons. The number of halogens is 3. The average Bonchev–Trinajstić information content (AvgIpc) is 2.93. The molecule has 1 aromatic rings. The van der Waals surface area contributed by atoms with Crippen LogP contribution in [0.2, 0.25) is 0 Å². The Morgan fingerprint density at radius 1 is 1.44 bits per heavy atom. The lowest BCUT2D eigenvalue weighted by Crippen LogP contribution is -2.36. The van der Waals surface area contributed by atoms with E-state index in [1.165, 1.54) is 4.90 Å². The highest BCUT2D eigenvalue weighted by molar-refractivity contribution is 5.92. The van der Waals surface area contributed by atoms with Crippen LogP contribution >= 0.6 is 0 Å². The maximum atomic E-state index is 12.2. The van der Waals surface area contributed by atoms with E-state index in [2.05, 4.69) is 4.98 Å². The van der Waals surface area contributed by atoms with Crippen LogP contribution in [0.1, 0.15) is 29.8 Å². The number of aromatic amines is 1. The van der Waals surface area contributed by atoms with E-state index in [1.54, 1.807) is 18.3 Å². The summed E-state index contributed by atoms with van der Waals surface area (Å²) in [7, 11) is 0. The van der Waals surface area contributed by atoms with Crippen LogP contribution in [0.15, 0.2) is 18.3 Å². The fourth-order valence-corrected chi connectivity index (χ4v) is 1.78. The largest absolute Gasteiger partial charge is 0.390 e. The van der Waals surface area contributed by atoms with Crippen LogP contribution in [0.5, 0.6) is 0 Å². The summed E-state index contributed by atoms with van der Waals surface area (Å²) >= 11 is 0. The Labute approximate surface area is 103 Å². The Balaban J connectivity index is 1.97. The van der Waals surface area contributed by atoms with E-state index in [1.807, 2.05) is 0 Å². The topological polar surface area (TPSA) is 36.1 Å². The second-order valence-corrected chi connectivity index (χ2v) is 4.64. The van der Waals surface area contributed by atoms with E-state index in [9.17, 15) is 18.0 Å². The van der Waals surface area contributed by atoms with Crippen LogP contribution in [0, 0.1) is 5.92 Å². The van der Waals surface area contributed by atoms with Crippen LogP contribution in [0.25, 0.3) is 0 Å². The van der Waals surface area contributed by atoms with Gasteiger partial charge in [0.1, 0.15) is 5.69 Å². The molecule has 0 aromatic carbocycles. The number of hydrogen-bond donors (Lipinski definition) is 1. The second kappa shape index (κ2) is 5.04. The highest BCUT2D eigenvalue weighted by Crippen LogP contribution is 2.30. The molecule has 1 heterocycles. The molecule has 0 aliphatic heterocycles. The minimum absolute atomic E-state index is 0.266. The first-order valence-corrected chi connectivity index (χ1v) is 5.95. The van der Waals surface area contributed by atoms with Crippen LogP contribution < -0.4 is 0 Å². The van der Waals surface area contributed by atoms with Gasteiger partial charge in [0.15, 0.2) is 0 Å². The lowest BCUT2D eigenvalue weighted by Gasteiger charge is -2.22. The molecule has 0 atom stereocenters. The molecule has 0 unspecified atom stereocenters. The fraction of sp³-hybridized carbons (Fsp3) is 0.583. The van der Waals surface area contributed by atoms with Crippen molar-refractivity contribution in [2.45, 2.75) is 25.4 Å². The molecule has 1 aliphatic carbocycles. The fourth-order valence-electron chi connectivity index (χ4n) is 1.78. The average molecular weight is 260 g/mol. The Kier molecular flexibility index (Phi) is 3.63. The van der Waals surface area contributed by atoms with Gasteiger partial charge in [-0.05, 0) is 30.9 Å². The molecule has 1 saturated carbocycles. The molecule has 6 heteroatoms. The molecule has 0 saturated heterocycles. The number of rotatable bonds is 5. The number of nitrogens with zero attached hydrogens (tertiary/aromatic N) is 1. The zero-order valence-electron chi connectivity index (χ0n) is 9.83. The minimum atomic E-state index is -4.22. The molecule has 3 nitrogen and oxygen atoms in total. The molecule has 18 heavy (non-hydrogen) atoms. The summed E-state index contributed by atoms with van der Waals surface area (Å²) in [6.07, 6.45) is -1.59. The van der Waals surface area contributed by atoms with Gasteiger partial charge in [-0.3, -0.25) is 4.79 Å². The van der Waals surface area contributed by atoms with E-state index in [-0.39, 0.29) is 12.5 Å². The Morgan fingerprint density at radius 3 is 2.67 bits per heavy atom. The number of carbonyl (C=O) groups is 1. The van der Waals surface area contributed by atoms with Crippen LogP contribution in [-0.4, -0.2) is 35.1 Å². The third-order valence-electron chi connectivity index (χ3n) is 2.96. The van der Waals surface area contributed by atoms with Crippen molar-refractivity contribution in [2.75, 3.05) is 13.1 Å². The summed E-state index contributed by atoms with van der Waals surface area (Å²) in [5, 5.41) is 0. The third kappa shape index (κ3) is 3.78. The molecule has 2 rings (SSSR count). The normalized spacial score (nSPS) is 15.7. The van der Waals surface area contributed by atoms with E-state index in [4.69, 9.17) is 0 Å². The van der Waals surface area contributed by atoms with E-state index in [0.29, 0.717) is 18.2 Å². The lowest BCUT2D eigenvalue weighted by molar-refractivity contribution is -0.136. The highest BCUT2D eigenvalue weighted by atomic mass is 19.4. The molecule has 100 valence electrons. The number of alkyl halides is 3. The number of aromatic nitrogens is 1. The lowest BCUT2D eigenvalue weighted by atomic mass is 10.2. The summed E-state index contributed by atoms with van der Waals surface area (Å²) in [6, 6.07) is 3.24. The van der Waals surface area contributed by atoms with Gasteiger partial charge in [-0.15, -0.1) is 0 Å². The van der Waals surface area contributed by atoms with Gasteiger partial charge >= 0.3 is 6.18 Å². The van der Waals surface area contributed by atoms with Crippen LogP contribution in [-0.2, 0) is 0 Å². The van der Waals surface area contributed by atoms with E-state index >= 15 is 0 Å². The number of hydrogen-bond acceptors (Lipinski definition) is 1. The molecule has 0 bridgehead atoms. The Morgan fingerprint density at radius 2 is 2.17 bits per heavy atom. The zero-order valence-corrected chi connectivity index (χ0v) is 9.83. The number of carbonyl (C=O) groups excluding carboxylic acids is 1. The summed E-state index contributed by atoms with van der Waals surface area (Å²) < 4.78 is 36.7. The number of amides is 1. The molecular weight excluding hydrogens is 245 g/mol. The first-order chi connectivity index (χ1) is 8.46. The van der Waals surface area contributed by atoms with Crippen molar-refractivity contribution in [3.8, 4) is 0 Å². The molecule has 0 spiro atoms. The van der Waals surface area contributed by atoms with Gasteiger partial charge in [-0.1, -0.05) is 0 Å². The first-order valence-electron chi connectivity index (χ1n) is 5.95. The van der Waals surface area contributed by atoms with Crippen molar-refractivity contribution in [3.05, 3.63) is 24.0 Å². The second-order valence-electron chi connectivity index (χ2n) is 4.64. The van der Waals surface area contributed by atoms with Gasteiger partial charge < -0.3 is 9.88 Å². The van der Waals surface area contributed by atoms with Crippen molar-refractivity contribution in [3.63, 3.8) is 0 Å². The highest BCUT2D eigenvalue weighted by Gasteiger charge is 2.32. The molecule has 1 aromatic heterocycles. The smallest absolute Gasteiger partial charge is 0.357 e. The quantitative estimate of drug-likeness (QED) is 0.868. The molecule has 1 amide bonds. The van der Waals surface area contributed by atoms with Crippen LogP contribution in [0.4, 0.5) is 13.2 Å². The SMILES string of the molecule is O=C(c1ccc[nH]1)N(CCC(F)(F)F)CC1CC1. The van der Waals surface area contributed by atoms with Gasteiger partial charge in [0.05, 0.1) is 6.42 Å². The number of H-pyrrole nitrogens is 1. The Hall–Kier alpha value is -1.46. The van der Waals surface area contributed by atoms with Crippen molar-refractivity contribution in [1.29, 1.82) is 0 Å². The van der Waals surface area contributed by atoms with Crippen molar-refractivity contribution in [2.24, 2.45) is 5.92 Å². The van der Waals surface area contributed by atoms with Gasteiger partial charge in [0.25, 0.3) is 5.91 Å². The summed E-state index contributed by atoms with van der Waals surface area (Å²) in [5.74, 6) is 0.0216. The molecular formula is C12H15F3N2O. The van der Waals surface area contributed by atoms with Gasteiger partial charge in [-0.2, -0.15) is 13.2 Å². The number of nitrogens with one attached hydrogen (secondary N) is 1. The maximum absolute atomic E-state index is 12.2. The van der Waals surface area contributed by atoms with E-state index in [0.717, 1.165) is 12.8 Å². The summed E-state index contributed by atoms with van der Waals surface area (Å²) in [6.45, 7) is 0.159. The minimum Gasteiger partial charge on any atom is -0.357 e. The predicted octanol–water partition coefficient (Wildman–Crippen LogP) is 2.82. The maximum Gasteiger partial charge on any atom is 0.390 e. The summed E-state index contributed by atoms with van der Waals surface area (Å²) in [4.78, 5) is 16.1. The summed E-state index contributed by atoms with van der Waals surface area (Å²) in [5.41, 5.74) is 0.345. The molecule has 1 N–H and O–H groups in total. The van der Waals surface area contributed by atoms with Gasteiger partial charge in [-0.25, -0.2) is 0 Å². The van der Waals surface area contributed by atoms with Crippen molar-refractivity contribution in [1.82, 2.24) is 9.88 Å². The molecule has 1 fully saturated rings. The Bertz CT molecular complexity index is 396. The van der Waals surface area contributed by atoms with E-state index < -0.39 is 12.6 Å². The van der Waals surface area contributed by atoms with Crippen LogP contribution in [0.3, 0.4) is 0 Å². The molecule has 1 aliphatic rings. The monoisotopic (exact) mass is 260 g/mol. The van der Waals surface area contributed by atoms with Gasteiger partial charge in [0.2, 0.25) is 0 Å².